The standard InChI is InChI=1S/C15H19F3N2O2S/c1-10(19-7-3-2-4-8-19)14-20(22-15(16,17)18)12-6-5-11(21)9-13(12)23-14/h6,9-10,14H,2-5,7-8H2,1H3. The fourth-order valence-electron chi connectivity index (χ4n) is 3.20. The van der Waals surface area contributed by atoms with Crippen molar-refractivity contribution in [1.29, 1.82) is 0 Å². The molecule has 2 aliphatic heterocycles. The molecule has 0 saturated carbocycles. The van der Waals surface area contributed by atoms with Crippen molar-refractivity contribution < 1.29 is 22.8 Å². The summed E-state index contributed by atoms with van der Waals surface area (Å²) in [5.74, 6) is -0.0884. The van der Waals surface area contributed by atoms with E-state index in [2.05, 4.69) is 9.74 Å². The molecule has 23 heavy (non-hydrogen) atoms. The second-order valence-electron chi connectivity index (χ2n) is 5.98. The molecule has 2 heterocycles. The maximum atomic E-state index is 12.8. The zero-order chi connectivity index (χ0) is 16.6. The fraction of sp³-hybridized carbons (Fsp3) is 0.667. The van der Waals surface area contributed by atoms with E-state index >= 15 is 0 Å². The number of hydrogen-bond acceptors (Lipinski definition) is 5. The highest BCUT2D eigenvalue weighted by Gasteiger charge is 2.46. The lowest BCUT2D eigenvalue weighted by molar-refractivity contribution is -0.407. The molecule has 2 atom stereocenters. The minimum absolute atomic E-state index is 0.0884. The number of nitrogens with zero attached hydrogens (tertiary/aromatic N) is 2. The largest absolute Gasteiger partial charge is 0.544 e. The van der Waals surface area contributed by atoms with Crippen LogP contribution in [0.25, 0.3) is 0 Å². The zero-order valence-corrected chi connectivity index (χ0v) is 13.6. The van der Waals surface area contributed by atoms with Gasteiger partial charge in [0.2, 0.25) is 0 Å². The van der Waals surface area contributed by atoms with E-state index in [9.17, 15) is 18.0 Å². The van der Waals surface area contributed by atoms with Crippen molar-refractivity contribution in [2.75, 3.05) is 13.1 Å². The molecule has 1 aliphatic carbocycles. The Kier molecular flexibility index (Phi) is 4.75. The summed E-state index contributed by atoms with van der Waals surface area (Å²) in [4.78, 5) is 18.6. The number of thioether (sulfide) groups is 1. The van der Waals surface area contributed by atoms with Crippen LogP contribution >= 0.6 is 11.8 Å². The van der Waals surface area contributed by atoms with Gasteiger partial charge in [0.25, 0.3) is 0 Å². The predicted octanol–water partition coefficient (Wildman–Crippen LogP) is 3.43. The highest BCUT2D eigenvalue weighted by molar-refractivity contribution is 8.04. The van der Waals surface area contributed by atoms with Gasteiger partial charge >= 0.3 is 6.36 Å². The zero-order valence-electron chi connectivity index (χ0n) is 12.8. The first-order chi connectivity index (χ1) is 10.8. The number of halogens is 3. The van der Waals surface area contributed by atoms with Gasteiger partial charge in [-0.1, -0.05) is 18.2 Å². The number of ketones is 1. The molecule has 2 saturated heterocycles. The number of carbonyl (C=O) groups excluding carboxylic acids is 1. The van der Waals surface area contributed by atoms with Crippen molar-refractivity contribution >= 4 is 17.5 Å². The first-order valence-electron chi connectivity index (χ1n) is 7.76. The summed E-state index contributed by atoms with van der Waals surface area (Å²) in [6.45, 7) is 3.69. The summed E-state index contributed by atoms with van der Waals surface area (Å²) in [6, 6.07) is -0.106. The van der Waals surface area contributed by atoms with Crippen molar-refractivity contribution in [3.63, 3.8) is 0 Å². The van der Waals surface area contributed by atoms with Crippen LogP contribution in [-0.4, -0.2) is 46.6 Å². The summed E-state index contributed by atoms with van der Waals surface area (Å²) < 4.78 is 38.5. The number of rotatable bonds is 3. The van der Waals surface area contributed by atoms with Gasteiger partial charge in [-0.05, 0) is 45.0 Å². The first kappa shape index (κ1) is 16.9. The number of allylic oxidation sites excluding steroid dienone is 2. The normalized spacial score (nSPS) is 27.6. The maximum Gasteiger partial charge on any atom is 0.544 e. The van der Waals surface area contributed by atoms with E-state index in [1.165, 1.54) is 23.9 Å². The highest BCUT2D eigenvalue weighted by atomic mass is 32.2. The highest BCUT2D eigenvalue weighted by Crippen LogP contribution is 2.47. The molecule has 0 N–H and O–H groups in total. The fourth-order valence-corrected chi connectivity index (χ4v) is 4.57. The van der Waals surface area contributed by atoms with Gasteiger partial charge in [0.05, 0.1) is 5.70 Å². The number of carbonyl (C=O) groups is 1. The van der Waals surface area contributed by atoms with Gasteiger partial charge in [0.1, 0.15) is 5.37 Å². The Bertz CT molecular complexity index is 541. The molecule has 3 aliphatic rings. The van der Waals surface area contributed by atoms with Gasteiger partial charge in [0.15, 0.2) is 5.78 Å². The quantitative estimate of drug-likeness (QED) is 0.780. The molecule has 8 heteroatoms. The van der Waals surface area contributed by atoms with E-state index < -0.39 is 11.7 Å². The Morgan fingerprint density at radius 1 is 1.30 bits per heavy atom. The molecule has 3 rings (SSSR count). The molecule has 0 spiro atoms. The van der Waals surface area contributed by atoms with Crippen molar-refractivity contribution in [2.24, 2.45) is 0 Å². The SMILES string of the molecule is CC(C1SC2=CC(=O)CC=C2N1OC(F)(F)F)N1CCCCC1. The van der Waals surface area contributed by atoms with E-state index in [1.54, 1.807) is 0 Å². The molecule has 0 radical (unpaired) electrons. The number of hydrogen-bond donors (Lipinski definition) is 0. The van der Waals surface area contributed by atoms with Gasteiger partial charge in [0, 0.05) is 17.4 Å². The van der Waals surface area contributed by atoms with Crippen LogP contribution in [0.5, 0.6) is 0 Å². The molecule has 128 valence electrons. The second kappa shape index (κ2) is 6.49. The van der Waals surface area contributed by atoms with Crippen LogP contribution in [-0.2, 0) is 9.63 Å². The number of likely N-dealkylation sites (tertiary alicyclic amines) is 1. The summed E-state index contributed by atoms with van der Waals surface area (Å²) in [5, 5.41) is 0.431. The predicted molar refractivity (Wildman–Crippen MR) is 81.0 cm³/mol. The van der Waals surface area contributed by atoms with Crippen LogP contribution in [0.4, 0.5) is 13.2 Å². The number of alkyl halides is 3. The van der Waals surface area contributed by atoms with Crippen LogP contribution in [0, 0.1) is 0 Å². The molecule has 2 unspecified atom stereocenters. The van der Waals surface area contributed by atoms with Gasteiger partial charge in [-0.15, -0.1) is 13.2 Å². The van der Waals surface area contributed by atoms with E-state index in [4.69, 9.17) is 0 Å². The molecule has 2 fully saturated rings. The van der Waals surface area contributed by atoms with Crippen molar-refractivity contribution in [3.8, 4) is 0 Å². The molecule has 0 bridgehead atoms. The van der Waals surface area contributed by atoms with Crippen LogP contribution in [0.3, 0.4) is 0 Å². The van der Waals surface area contributed by atoms with E-state index in [0.29, 0.717) is 10.6 Å². The van der Waals surface area contributed by atoms with Gasteiger partial charge in [-0.25, -0.2) is 5.06 Å². The Morgan fingerprint density at radius 3 is 2.65 bits per heavy atom. The lowest BCUT2D eigenvalue weighted by atomic mass is 10.1. The average Bonchev–Trinajstić information content (AvgIpc) is 2.83. The van der Waals surface area contributed by atoms with E-state index in [0.717, 1.165) is 37.4 Å². The first-order valence-corrected chi connectivity index (χ1v) is 8.64. The second-order valence-corrected chi connectivity index (χ2v) is 7.14. The Labute approximate surface area is 137 Å². The Morgan fingerprint density at radius 2 is 2.00 bits per heavy atom. The van der Waals surface area contributed by atoms with E-state index in [-0.39, 0.29) is 18.2 Å². The molecule has 0 amide bonds. The summed E-state index contributed by atoms with van der Waals surface area (Å²) in [5.41, 5.74) is 0.362. The lowest BCUT2D eigenvalue weighted by Crippen LogP contribution is -2.49. The van der Waals surface area contributed by atoms with Crippen LogP contribution in [0.15, 0.2) is 22.8 Å². The van der Waals surface area contributed by atoms with Crippen molar-refractivity contribution in [2.45, 2.75) is 50.4 Å². The van der Waals surface area contributed by atoms with Crippen LogP contribution < -0.4 is 0 Å². The Hall–Kier alpha value is -0.990. The topological polar surface area (TPSA) is 32.8 Å². The monoisotopic (exact) mass is 348 g/mol. The molecule has 0 aromatic heterocycles. The third kappa shape index (κ3) is 3.75. The van der Waals surface area contributed by atoms with Crippen molar-refractivity contribution in [1.82, 2.24) is 9.96 Å². The molecule has 0 aromatic rings. The minimum atomic E-state index is -4.75. The average molecular weight is 348 g/mol. The lowest BCUT2D eigenvalue weighted by Gasteiger charge is -2.38. The number of piperidine rings is 1. The van der Waals surface area contributed by atoms with Gasteiger partial charge in [-0.2, -0.15) is 4.84 Å². The van der Waals surface area contributed by atoms with E-state index in [1.807, 2.05) is 6.92 Å². The molecular weight excluding hydrogens is 329 g/mol. The minimum Gasteiger partial charge on any atom is -0.298 e. The van der Waals surface area contributed by atoms with Gasteiger partial charge in [-0.3, -0.25) is 9.69 Å². The van der Waals surface area contributed by atoms with Crippen LogP contribution in [0.2, 0.25) is 0 Å². The number of hydroxylamine groups is 2. The summed E-state index contributed by atoms with van der Waals surface area (Å²) in [7, 11) is 0. The van der Waals surface area contributed by atoms with Gasteiger partial charge < -0.3 is 0 Å². The molecule has 0 aromatic carbocycles. The third-order valence-corrected chi connectivity index (χ3v) is 5.75. The van der Waals surface area contributed by atoms with Crippen molar-refractivity contribution in [3.05, 3.63) is 22.8 Å². The smallest absolute Gasteiger partial charge is 0.298 e. The molecule has 4 nitrogen and oxygen atoms in total. The summed E-state index contributed by atoms with van der Waals surface area (Å²) in [6.07, 6.45) is 1.60. The Balaban J connectivity index is 1.84. The van der Waals surface area contributed by atoms with Crippen LogP contribution in [0.1, 0.15) is 32.6 Å². The third-order valence-electron chi connectivity index (χ3n) is 4.34. The maximum absolute atomic E-state index is 12.8. The summed E-state index contributed by atoms with van der Waals surface area (Å²) >= 11 is 1.28. The molecular formula is C15H19F3N2O2S. The number of fused-ring (bicyclic) bond motifs is 1.